The number of pyridine rings is 1. The molecule has 2 aromatic rings. The monoisotopic (exact) mass is 472 g/mol. The molecule has 0 fully saturated rings. The van der Waals surface area contributed by atoms with Crippen molar-refractivity contribution in [3.05, 3.63) is 63.5 Å². The van der Waals surface area contributed by atoms with Crippen LogP contribution in [0.3, 0.4) is 0 Å². The molecule has 2 aliphatic rings. The molecular weight excluding hydrogens is 451 g/mol. The van der Waals surface area contributed by atoms with Crippen molar-refractivity contribution in [3.63, 3.8) is 0 Å². The summed E-state index contributed by atoms with van der Waals surface area (Å²) in [6, 6.07) is 5.72. The SMILES string of the molecule is CC1(C)CC(=O)C2=C(C1)Nc1cnccc1N(C(=O)CC(N)=O)C2c1ccc(Cl)cc1Cl. The number of carbonyl (C=O) groups is 3. The fraction of sp³-hybridized carbons (Fsp3) is 0.304. The topological polar surface area (TPSA) is 105 Å². The minimum atomic E-state index is -0.860. The van der Waals surface area contributed by atoms with Gasteiger partial charge in [-0.3, -0.25) is 24.3 Å². The molecule has 166 valence electrons. The maximum Gasteiger partial charge on any atom is 0.237 e. The molecular formula is C23H22Cl2N4O3. The van der Waals surface area contributed by atoms with E-state index in [-0.39, 0.29) is 11.2 Å². The molecule has 1 unspecified atom stereocenters. The lowest BCUT2D eigenvalue weighted by Crippen LogP contribution is -2.41. The highest BCUT2D eigenvalue weighted by Crippen LogP contribution is 2.49. The van der Waals surface area contributed by atoms with Crippen molar-refractivity contribution in [2.75, 3.05) is 10.2 Å². The standard InChI is InChI=1S/C23H22Cl2N4O3/c1-23(2)9-15-21(18(30)10-23)22(13-4-3-12(24)7-14(13)25)29(20(32)8-19(26)31)17-5-6-27-11-16(17)28-15/h3-7,11,22,28H,8-10H2,1-2H3,(H2,26,31). The molecule has 0 spiro atoms. The molecule has 1 aliphatic heterocycles. The molecule has 2 amide bonds. The third kappa shape index (κ3) is 4.10. The lowest BCUT2D eigenvalue weighted by Gasteiger charge is -2.37. The number of allylic oxidation sites excluding steroid dienone is 1. The van der Waals surface area contributed by atoms with Crippen molar-refractivity contribution in [2.45, 2.75) is 39.2 Å². The quantitative estimate of drug-likeness (QED) is 0.643. The Kier molecular flexibility index (Phi) is 5.73. The average Bonchev–Trinajstić information content (AvgIpc) is 2.80. The largest absolute Gasteiger partial charge is 0.369 e. The Morgan fingerprint density at radius 3 is 2.69 bits per heavy atom. The zero-order valence-electron chi connectivity index (χ0n) is 17.6. The molecule has 4 rings (SSSR count). The number of benzene rings is 1. The fourth-order valence-electron chi connectivity index (χ4n) is 4.42. The number of rotatable bonds is 3. The van der Waals surface area contributed by atoms with E-state index in [9.17, 15) is 14.4 Å². The first-order valence-corrected chi connectivity index (χ1v) is 10.9. The van der Waals surface area contributed by atoms with E-state index in [1.807, 2.05) is 13.8 Å². The summed E-state index contributed by atoms with van der Waals surface area (Å²) < 4.78 is 0. The third-order valence-electron chi connectivity index (χ3n) is 5.65. The van der Waals surface area contributed by atoms with Gasteiger partial charge in [0.25, 0.3) is 0 Å². The normalized spacial score (nSPS) is 19.6. The van der Waals surface area contributed by atoms with Crippen molar-refractivity contribution in [2.24, 2.45) is 11.1 Å². The van der Waals surface area contributed by atoms with Gasteiger partial charge in [-0.15, -0.1) is 0 Å². The number of ketones is 1. The molecule has 0 saturated carbocycles. The van der Waals surface area contributed by atoms with Crippen LogP contribution in [0.15, 0.2) is 47.9 Å². The molecule has 3 N–H and O–H groups in total. The van der Waals surface area contributed by atoms with Gasteiger partial charge in [0.2, 0.25) is 11.8 Å². The molecule has 1 aromatic heterocycles. The van der Waals surface area contributed by atoms with Gasteiger partial charge < -0.3 is 11.1 Å². The Labute approximate surface area is 195 Å². The number of carbonyl (C=O) groups excluding carboxylic acids is 3. The van der Waals surface area contributed by atoms with Gasteiger partial charge in [0.15, 0.2) is 5.78 Å². The van der Waals surface area contributed by atoms with Crippen molar-refractivity contribution in [1.29, 1.82) is 0 Å². The third-order valence-corrected chi connectivity index (χ3v) is 6.21. The van der Waals surface area contributed by atoms with E-state index >= 15 is 0 Å². The second-order valence-corrected chi connectivity index (χ2v) is 9.67. The number of halogens is 2. The van der Waals surface area contributed by atoms with Crippen LogP contribution in [0.25, 0.3) is 0 Å². The summed E-state index contributed by atoms with van der Waals surface area (Å²) >= 11 is 12.7. The van der Waals surface area contributed by atoms with Crippen LogP contribution in [0.5, 0.6) is 0 Å². The van der Waals surface area contributed by atoms with E-state index in [4.69, 9.17) is 28.9 Å². The smallest absolute Gasteiger partial charge is 0.237 e. The number of anilines is 2. The first-order chi connectivity index (χ1) is 15.1. The molecule has 9 heteroatoms. The van der Waals surface area contributed by atoms with Crippen LogP contribution in [0.2, 0.25) is 10.0 Å². The maximum absolute atomic E-state index is 13.5. The molecule has 1 aromatic carbocycles. The van der Waals surface area contributed by atoms with Crippen molar-refractivity contribution in [3.8, 4) is 0 Å². The Morgan fingerprint density at radius 1 is 1.25 bits per heavy atom. The molecule has 0 radical (unpaired) electrons. The molecule has 1 aliphatic carbocycles. The first-order valence-electron chi connectivity index (χ1n) is 10.1. The van der Waals surface area contributed by atoms with E-state index in [1.165, 1.54) is 4.90 Å². The van der Waals surface area contributed by atoms with Gasteiger partial charge in [-0.25, -0.2) is 0 Å². The second-order valence-electron chi connectivity index (χ2n) is 8.83. The zero-order chi connectivity index (χ0) is 23.2. The summed E-state index contributed by atoms with van der Waals surface area (Å²) in [5.41, 5.74) is 7.77. The predicted octanol–water partition coefficient (Wildman–Crippen LogP) is 4.41. The van der Waals surface area contributed by atoms with E-state index < -0.39 is 24.3 Å². The van der Waals surface area contributed by atoms with E-state index in [0.717, 1.165) is 0 Å². The number of hydrogen-bond acceptors (Lipinski definition) is 5. The number of amides is 2. The molecule has 2 heterocycles. The summed E-state index contributed by atoms with van der Waals surface area (Å²) in [6.45, 7) is 4.04. The molecule has 1 atom stereocenters. The fourth-order valence-corrected chi connectivity index (χ4v) is 4.93. The van der Waals surface area contributed by atoms with E-state index in [0.29, 0.717) is 51.1 Å². The van der Waals surface area contributed by atoms with E-state index in [1.54, 1.807) is 36.7 Å². The van der Waals surface area contributed by atoms with Gasteiger partial charge in [0.05, 0.1) is 23.6 Å². The summed E-state index contributed by atoms with van der Waals surface area (Å²) in [6.07, 6.45) is 3.50. The van der Waals surface area contributed by atoms with Crippen LogP contribution < -0.4 is 16.0 Å². The maximum atomic E-state index is 13.5. The predicted molar refractivity (Wildman–Crippen MR) is 123 cm³/mol. The summed E-state index contributed by atoms with van der Waals surface area (Å²) in [5.74, 6) is -1.42. The van der Waals surface area contributed by atoms with Crippen molar-refractivity contribution in [1.82, 2.24) is 4.98 Å². The summed E-state index contributed by atoms with van der Waals surface area (Å²) in [7, 11) is 0. The van der Waals surface area contributed by atoms with Crippen LogP contribution in [-0.4, -0.2) is 22.6 Å². The number of fused-ring (bicyclic) bond motifs is 1. The Morgan fingerprint density at radius 2 is 2.00 bits per heavy atom. The van der Waals surface area contributed by atoms with E-state index in [2.05, 4.69) is 10.3 Å². The molecule has 0 bridgehead atoms. The van der Waals surface area contributed by atoms with Crippen molar-refractivity contribution >= 4 is 52.2 Å². The van der Waals surface area contributed by atoms with Gasteiger partial charge >= 0.3 is 0 Å². The number of aromatic nitrogens is 1. The number of nitrogens with two attached hydrogens (primary N) is 1. The first kappa shape index (κ1) is 22.3. The number of nitrogens with one attached hydrogen (secondary N) is 1. The van der Waals surface area contributed by atoms with Crippen LogP contribution in [0, 0.1) is 5.41 Å². The minimum Gasteiger partial charge on any atom is -0.369 e. The van der Waals surface area contributed by atoms with Crippen LogP contribution in [0.1, 0.15) is 44.7 Å². The highest BCUT2D eigenvalue weighted by molar-refractivity contribution is 6.35. The Bertz CT molecular complexity index is 1180. The Balaban J connectivity index is 2.03. The number of nitrogens with zero attached hydrogens (tertiary/aromatic N) is 2. The number of Topliss-reactive ketones (excluding diaryl/α,β-unsaturated/α-hetero) is 1. The van der Waals surface area contributed by atoms with Crippen LogP contribution >= 0.6 is 23.2 Å². The van der Waals surface area contributed by atoms with Gasteiger partial charge in [0, 0.05) is 33.9 Å². The minimum absolute atomic E-state index is 0.0996. The highest BCUT2D eigenvalue weighted by Gasteiger charge is 2.44. The van der Waals surface area contributed by atoms with Gasteiger partial charge in [0.1, 0.15) is 6.42 Å². The second kappa shape index (κ2) is 8.22. The highest BCUT2D eigenvalue weighted by atomic mass is 35.5. The van der Waals surface area contributed by atoms with Gasteiger partial charge in [-0.2, -0.15) is 0 Å². The van der Waals surface area contributed by atoms with Crippen LogP contribution in [0.4, 0.5) is 11.4 Å². The van der Waals surface area contributed by atoms with Crippen LogP contribution in [-0.2, 0) is 14.4 Å². The summed E-state index contributed by atoms with van der Waals surface area (Å²) in [5, 5.41) is 4.07. The Hall–Kier alpha value is -2.90. The number of primary amides is 1. The van der Waals surface area contributed by atoms with Crippen molar-refractivity contribution < 1.29 is 14.4 Å². The molecule has 7 nitrogen and oxygen atoms in total. The van der Waals surface area contributed by atoms with Gasteiger partial charge in [-0.05, 0) is 35.6 Å². The lowest BCUT2D eigenvalue weighted by atomic mass is 9.73. The average molecular weight is 473 g/mol. The zero-order valence-corrected chi connectivity index (χ0v) is 19.1. The van der Waals surface area contributed by atoms with Gasteiger partial charge in [-0.1, -0.05) is 43.1 Å². The summed E-state index contributed by atoms with van der Waals surface area (Å²) in [4.78, 5) is 44.1. The molecule has 0 saturated heterocycles. The number of hydrogen-bond donors (Lipinski definition) is 2. The lowest BCUT2D eigenvalue weighted by molar-refractivity contribution is -0.126. The molecule has 32 heavy (non-hydrogen) atoms.